The van der Waals surface area contributed by atoms with Crippen molar-refractivity contribution in [3.63, 3.8) is 0 Å². The normalized spacial score (nSPS) is 9.90. The summed E-state index contributed by atoms with van der Waals surface area (Å²) in [6, 6.07) is 10.8. The fourth-order valence-electron chi connectivity index (χ4n) is 1.54. The van der Waals surface area contributed by atoms with Crippen LogP contribution < -0.4 is 17.0 Å². The van der Waals surface area contributed by atoms with Gasteiger partial charge in [0.15, 0.2) is 115 Å². The molecular formula is C12H6I4O5. The number of hydrogen-bond acceptors (Lipinski definition) is 5. The minimum Gasteiger partial charge on any atom is -0.449 e. The summed E-state index contributed by atoms with van der Waals surface area (Å²) in [5, 5.41) is 0. The van der Waals surface area contributed by atoms with Gasteiger partial charge in [-0.05, 0) is 24.3 Å². The summed E-state index contributed by atoms with van der Waals surface area (Å²) >= 11 is 7.14. The van der Waals surface area contributed by atoms with Crippen molar-refractivity contribution in [3.05, 3.63) is 36.4 Å². The van der Waals surface area contributed by atoms with Gasteiger partial charge in [-0.25, -0.2) is 0 Å². The fourth-order valence-corrected chi connectivity index (χ4v) is 3.11. The number of para-hydroxylation sites is 2. The first-order valence-corrected chi connectivity index (χ1v) is 8.85. The van der Waals surface area contributed by atoms with Gasteiger partial charge < -0.3 is 17.0 Å². The highest BCUT2D eigenvalue weighted by atomic mass is 127. The van der Waals surface area contributed by atoms with E-state index in [1.54, 1.807) is 116 Å². The van der Waals surface area contributed by atoms with Gasteiger partial charge in [0.2, 0.25) is 11.5 Å². The maximum atomic E-state index is 5.88. The van der Waals surface area contributed by atoms with E-state index < -0.39 is 0 Å². The Hall–Kier alpha value is 0.360. The number of ether oxygens (including phenoxy) is 1. The van der Waals surface area contributed by atoms with E-state index in [0.29, 0.717) is 34.5 Å². The van der Waals surface area contributed by atoms with E-state index in [-0.39, 0.29) is 0 Å². The second-order valence-corrected chi connectivity index (χ2v) is 5.34. The van der Waals surface area contributed by atoms with E-state index in [2.05, 4.69) is 0 Å². The Kier molecular flexibility index (Phi) is 7.47. The molecule has 112 valence electrons. The minimum absolute atomic E-state index is 0.493. The molecular weight excluding hydrogens is 732 g/mol. The maximum Gasteiger partial charge on any atom is 0.218 e. The highest BCUT2D eigenvalue weighted by Crippen LogP contribution is 2.46. The number of hydrogen-bond donors (Lipinski definition) is 0. The van der Waals surface area contributed by atoms with Gasteiger partial charge >= 0.3 is 0 Å². The molecule has 0 saturated carbocycles. The van der Waals surface area contributed by atoms with Crippen LogP contribution >= 0.6 is 92.0 Å². The average molecular weight is 738 g/mol. The molecule has 0 aliphatic rings. The lowest BCUT2D eigenvalue weighted by Crippen LogP contribution is -1.92. The highest BCUT2D eigenvalue weighted by molar-refractivity contribution is 14.1. The first kappa shape index (κ1) is 17.7. The van der Waals surface area contributed by atoms with Crippen molar-refractivity contribution in [1.82, 2.24) is 0 Å². The summed E-state index contributed by atoms with van der Waals surface area (Å²) < 4.78 is 26.9. The van der Waals surface area contributed by atoms with E-state index in [4.69, 9.17) is 17.0 Å². The first-order chi connectivity index (χ1) is 10.2. The molecule has 0 unspecified atom stereocenters. The Balaban J connectivity index is 2.43. The van der Waals surface area contributed by atoms with Crippen LogP contribution in [-0.2, 0) is 0 Å². The van der Waals surface area contributed by atoms with Crippen molar-refractivity contribution in [3.8, 4) is 34.5 Å². The summed E-state index contributed by atoms with van der Waals surface area (Å²) in [6.07, 6.45) is 0. The average Bonchev–Trinajstić information content (AvgIpc) is 2.54. The lowest BCUT2D eigenvalue weighted by Gasteiger charge is -2.14. The van der Waals surface area contributed by atoms with Crippen molar-refractivity contribution < 1.29 is 17.0 Å². The summed E-state index contributed by atoms with van der Waals surface area (Å²) in [5.74, 6) is 3.15. The second-order valence-electron chi connectivity index (χ2n) is 3.58. The molecule has 0 heterocycles. The number of halogens is 4. The molecule has 0 N–H and O–H groups in total. The molecule has 21 heavy (non-hydrogen) atoms. The zero-order valence-corrected chi connectivity index (χ0v) is 18.6. The van der Waals surface area contributed by atoms with Gasteiger partial charge in [-0.2, -0.15) is 0 Å². The molecule has 2 aromatic rings. The van der Waals surface area contributed by atoms with Gasteiger partial charge in [0.25, 0.3) is 0 Å². The SMILES string of the molecule is IOc1cccc(Oc2cccc(OI)c2OI)c1OI. The van der Waals surface area contributed by atoms with E-state index in [0.717, 1.165) is 0 Å². The summed E-state index contributed by atoms with van der Waals surface area (Å²) in [5.41, 5.74) is 0. The summed E-state index contributed by atoms with van der Waals surface area (Å²) in [4.78, 5) is 0. The largest absolute Gasteiger partial charge is 0.449 e. The Morgan fingerprint density at radius 3 is 1.24 bits per heavy atom. The van der Waals surface area contributed by atoms with Gasteiger partial charge in [-0.15, -0.1) is 0 Å². The minimum atomic E-state index is 0.493. The molecule has 0 aliphatic carbocycles. The van der Waals surface area contributed by atoms with Gasteiger partial charge in [0.1, 0.15) is 0 Å². The maximum absolute atomic E-state index is 5.88. The molecule has 5 nitrogen and oxygen atoms in total. The number of rotatable bonds is 6. The molecule has 0 atom stereocenters. The molecule has 2 aromatic carbocycles. The highest BCUT2D eigenvalue weighted by Gasteiger charge is 2.17. The standard InChI is InChI=1S/C12H6I4O5/c13-18-9-5-1-3-7(11(9)20-15)17-8-4-2-6-10(19-14)12(8)21-16/h1-6H. The Labute approximate surface area is 177 Å². The van der Waals surface area contributed by atoms with E-state index in [9.17, 15) is 0 Å². The fraction of sp³-hybridized carbons (Fsp3) is 0. The third-order valence-corrected chi connectivity index (χ3v) is 4.26. The van der Waals surface area contributed by atoms with Crippen molar-refractivity contribution in [1.29, 1.82) is 0 Å². The van der Waals surface area contributed by atoms with Crippen molar-refractivity contribution in [2.45, 2.75) is 0 Å². The molecule has 0 aliphatic heterocycles. The zero-order chi connectivity index (χ0) is 15.2. The van der Waals surface area contributed by atoms with Gasteiger partial charge in [-0.1, -0.05) is 12.1 Å². The van der Waals surface area contributed by atoms with Gasteiger partial charge in [0.05, 0.1) is 0 Å². The predicted molar refractivity (Wildman–Crippen MR) is 112 cm³/mol. The topological polar surface area (TPSA) is 46.2 Å². The molecule has 0 radical (unpaired) electrons. The molecule has 0 spiro atoms. The Morgan fingerprint density at radius 2 is 0.905 bits per heavy atom. The Bertz CT molecular complexity index is 569. The van der Waals surface area contributed by atoms with Crippen LogP contribution in [0.2, 0.25) is 0 Å². The van der Waals surface area contributed by atoms with Crippen LogP contribution in [0, 0.1) is 0 Å². The lowest BCUT2D eigenvalue weighted by atomic mass is 10.2. The molecule has 0 saturated heterocycles. The third kappa shape index (κ3) is 4.21. The van der Waals surface area contributed by atoms with Crippen LogP contribution in [-0.4, -0.2) is 0 Å². The van der Waals surface area contributed by atoms with Crippen molar-refractivity contribution in [2.75, 3.05) is 0 Å². The van der Waals surface area contributed by atoms with E-state index in [1.165, 1.54) is 0 Å². The first-order valence-electron chi connectivity index (χ1n) is 5.33. The molecule has 2 rings (SSSR count). The quantitative estimate of drug-likeness (QED) is 0.322. The van der Waals surface area contributed by atoms with Crippen LogP contribution in [0.25, 0.3) is 0 Å². The van der Waals surface area contributed by atoms with Crippen molar-refractivity contribution in [2.24, 2.45) is 0 Å². The molecule has 0 fully saturated rings. The van der Waals surface area contributed by atoms with Crippen LogP contribution in [0.4, 0.5) is 0 Å². The predicted octanol–water partition coefficient (Wildman–Crippen LogP) is 6.39. The van der Waals surface area contributed by atoms with Gasteiger partial charge in [0, 0.05) is 0 Å². The molecule has 0 amide bonds. The molecule has 0 bridgehead atoms. The second kappa shape index (κ2) is 8.85. The van der Waals surface area contributed by atoms with Gasteiger partial charge in [-0.3, -0.25) is 0 Å². The summed E-state index contributed by atoms with van der Waals surface area (Å²) in [7, 11) is 0. The smallest absolute Gasteiger partial charge is 0.218 e. The summed E-state index contributed by atoms with van der Waals surface area (Å²) in [6.45, 7) is 0. The molecule has 9 heteroatoms. The van der Waals surface area contributed by atoms with Crippen LogP contribution in [0.3, 0.4) is 0 Å². The van der Waals surface area contributed by atoms with Crippen molar-refractivity contribution >= 4 is 92.0 Å². The third-order valence-electron chi connectivity index (χ3n) is 2.43. The lowest BCUT2D eigenvalue weighted by molar-refractivity contribution is 0.443. The van der Waals surface area contributed by atoms with Crippen LogP contribution in [0.1, 0.15) is 0 Å². The van der Waals surface area contributed by atoms with E-state index in [1.807, 2.05) is 12.1 Å². The Morgan fingerprint density at radius 1 is 0.524 bits per heavy atom. The monoisotopic (exact) mass is 738 g/mol. The molecule has 0 aromatic heterocycles. The van der Waals surface area contributed by atoms with Crippen LogP contribution in [0.15, 0.2) is 36.4 Å². The zero-order valence-electron chi connectivity index (χ0n) is 10.0. The van der Waals surface area contributed by atoms with Crippen LogP contribution in [0.5, 0.6) is 34.5 Å². The van der Waals surface area contributed by atoms with E-state index >= 15 is 0 Å². The number of benzene rings is 2.